The van der Waals surface area contributed by atoms with Gasteiger partial charge in [0.15, 0.2) is 5.17 Å². The van der Waals surface area contributed by atoms with E-state index < -0.39 is 5.25 Å². The molecule has 4 unspecified atom stereocenters. The molecule has 0 radical (unpaired) electrons. The summed E-state index contributed by atoms with van der Waals surface area (Å²) in [4.78, 5) is 44.1. The van der Waals surface area contributed by atoms with E-state index in [4.69, 9.17) is 0 Å². The van der Waals surface area contributed by atoms with Gasteiger partial charge in [0.2, 0.25) is 5.91 Å². The first-order valence-corrected chi connectivity index (χ1v) is 13.0. The summed E-state index contributed by atoms with van der Waals surface area (Å²) in [6, 6.07) is 7.17. The van der Waals surface area contributed by atoms with Gasteiger partial charge in [-0.1, -0.05) is 44.5 Å². The Balaban J connectivity index is 1.30. The fourth-order valence-electron chi connectivity index (χ4n) is 4.89. The zero-order chi connectivity index (χ0) is 23.4. The summed E-state index contributed by atoms with van der Waals surface area (Å²) in [7, 11) is 0. The molecule has 2 fully saturated rings. The predicted octanol–water partition coefficient (Wildman–Crippen LogP) is 4.05. The van der Waals surface area contributed by atoms with Crippen molar-refractivity contribution in [2.24, 2.45) is 16.8 Å². The lowest BCUT2D eigenvalue weighted by Gasteiger charge is -2.34. The van der Waals surface area contributed by atoms with E-state index in [9.17, 15) is 14.4 Å². The molecule has 1 saturated carbocycles. The number of amidine groups is 1. The maximum atomic E-state index is 12.8. The largest absolute Gasteiger partial charge is 0.351 e. The molecule has 2 heterocycles. The Morgan fingerprint density at radius 2 is 1.91 bits per heavy atom. The van der Waals surface area contributed by atoms with Crippen LogP contribution in [0.25, 0.3) is 0 Å². The predicted molar refractivity (Wildman–Crippen MR) is 132 cm³/mol. The van der Waals surface area contributed by atoms with Gasteiger partial charge in [0.25, 0.3) is 11.8 Å². The Bertz CT molecular complexity index is 928. The molecule has 7 nitrogen and oxygen atoms in total. The fourth-order valence-corrected chi connectivity index (χ4v) is 6.00. The number of anilines is 1. The minimum atomic E-state index is -0.483. The molecule has 1 aliphatic carbocycles. The first kappa shape index (κ1) is 23.8. The highest BCUT2D eigenvalue weighted by Gasteiger charge is 2.33. The zero-order valence-electron chi connectivity index (χ0n) is 19.5. The highest BCUT2D eigenvalue weighted by Crippen LogP contribution is 2.30. The second-order valence-electron chi connectivity index (χ2n) is 9.57. The van der Waals surface area contributed by atoms with Crippen LogP contribution in [-0.4, -0.2) is 52.2 Å². The van der Waals surface area contributed by atoms with Crippen molar-refractivity contribution in [3.8, 4) is 0 Å². The number of thioether (sulfide) groups is 1. The molecule has 4 rings (SSSR count). The summed E-state index contributed by atoms with van der Waals surface area (Å²) in [5.74, 6) is 0.454. The Morgan fingerprint density at radius 3 is 2.70 bits per heavy atom. The van der Waals surface area contributed by atoms with Gasteiger partial charge in [-0.05, 0) is 55.7 Å². The van der Waals surface area contributed by atoms with Crippen LogP contribution >= 0.6 is 11.8 Å². The highest BCUT2D eigenvalue weighted by molar-refractivity contribution is 8.15. The second kappa shape index (κ2) is 10.7. The molecule has 1 saturated heterocycles. The van der Waals surface area contributed by atoms with Crippen LogP contribution in [0.5, 0.6) is 0 Å². The van der Waals surface area contributed by atoms with Crippen molar-refractivity contribution in [3.05, 3.63) is 29.8 Å². The average molecular weight is 471 g/mol. The molecule has 4 atom stereocenters. The maximum absolute atomic E-state index is 12.8. The van der Waals surface area contributed by atoms with E-state index in [2.05, 4.69) is 34.4 Å². The highest BCUT2D eigenvalue weighted by atomic mass is 32.2. The van der Waals surface area contributed by atoms with Gasteiger partial charge in [-0.2, -0.15) is 4.99 Å². The third-order valence-corrected chi connectivity index (χ3v) is 8.37. The number of aliphatic imine (C=N–C) groups is 1. The molecule has 3 amide bonds. The first-order valence-electron chi connectivity index (χ1n) is 12.2. The van der Waals surface area contributed by atoms with Gasteiger partial charge in [-0.15, -0.1) is 0 Å². The van der Waals surface area contributed by atoms with Crippen molar-refractivity contribution in [2.45, 2.75) is 70.1 Å². The molecular formula is C25H34N4O3S. The Morgan fingerprint density at radius 1 is 1.12 bits per heavy atom. The van der Waals surface area contributed by atoms with Crippen LogP contribution in [0, 0.1) is 11.8 Å². The normalized spacial score (nSPS) is 27.8. The van der Waals surface area contributed by atoms with E-state index >= 15 is 0 Å². The molecule has 3 aliphatic rings. The number of amides is 3. The van der Waals surface area contributed by atoms with E-state index in [0.29, 0.717) is 23.1 Å². The van der Waals surface area contributed by atoms with Crippen molar-refractivity contribution < 1.29 is 14.4 Å². The zero-order valence-corrected chi connectivity index (χ0v) is 20.3. The van der Waals surface area contributed by atoms with Crippen molar-refractivity contribution in [2.75, 3.05) is 18.4 Å². The lowest BCUT2D eigenvalue weighted by molar-refractivity contribution is -0.121. The molecule has 1 aromatic carbocycles. The molecule has 2 N–H and O–H groups in total. The van der Waals surface area contributed by atoms with Gasteiger partial charge in [0, 0.05) is 36.8 Å². The van der Waals surface area contributed by atoms with E-state index in [1.807, 2.05) is 0 Å². The summed E-state index contributed by atoms with van der Waals surface area (Å²) in [6.07, 6.45) is 6.85. The van der Waals surface area contributed by atoms with Gasteiger partial charge in [-0.3, -0.25) is 14.4 Å². The quantitative estimate of drug-likeness (QED) is 0.677. The summed E-state index contributed by atoms with van der Waals surface area (Å²) in [6.45, 7) is 6.29. The Labute approximate surface area is 200 Å². The SMILES string of the molecule is CC1CCCC(NC(=O)c2cccc(NC(=O)CC3SC(N4CCCCC4)=NC3=O)c2)C1C. The number of rotatable bonds is 5. The summed E-state index contributed by atoms with van der Waals surface area (Å²) < 4.78 is 0. The second-order valence-corrected chi connectivity index (χ2v) is 10.7. The maximum Gasteiger partial charge on any atom is 0.262 e. The van der Waals surface area contributed by atoms with Crippen molar-refractivity contribution in [1.82, 2.24) is 10.2 Å². The molecule has 33 heavy (non-hydrogen) atoms. The Kier molecular flexibility index (Phi) is 7.73. The topological polar surface area (TPSA) is 90.9 Å². The first-order chi connectivity index (χ1) is 15.9. The van der Waals surface area contributed by atoms with Crippen LogP contribution in [0.2, 0.25) is 0 Å². The molecule has 0 aromatic heterocycles. The standard InChI is InChI=1S/C25H34N4O3S/c1-16-8-6-11-20(17(16)2)27-23(31)18-9-7-10-19(14-18)26-22(30)15-21-24(32)28-25(33-21)29-12-4-3-5-13-29/h7,9-10,14,16-17,20-21H,3-6,8,11-13,15H2,1-2H3,(H,26,30)(H,27,31). The third kappa shape index (κ3) is 5.96. The molecule has 2 aliphatic heterocycles. The van der Waals surface area contributed by atoms with Crippen LogP contribution in [0.3, 0.4) is 0 Å². The minimum absolute atomic E-state index is 0.0677. The van der Waals surface area contributed by atoms with Crippen LogP contribution in [-0.2, 0) is 9.59 Å². The molecule has 0 spiro atoms. The summed E-state index contributed by atoms with van der Waals surface area (Å²) in [5.41, 5.74) is 1.09. The van der Waals surface area contributed by atoms with Crippen LogP contribution in [0.1, 0.15) is 69.2 Å². The minimum Gasteiger partial charge on any atom is -0.351 e. The number of carbonyl (C=O) groups is 3. The molecule has 8 heteroatoms. The van der Waals surface area contributed by atoms with Gasteiger partial charge >= 0.3 is 0 Å². The number of hydrogen-bond acceptors (Lipinski definition) is 5. The average Bonchev–Trinajstić information content (AvgIpc) is 3.17. The monoisotopic (exact) mass is 470 g/mol. The van der Waals surface area contributed by atoms with Gasteiger partial charge < -0.3 is 15.5 Å². The number of carbonyl (C=O) groups excluding carboxylic acids is 3. The fraction of sp³-hybridized carbons (Fsp3) is 0.600. The van der Waals surface area contributed by atoms with Gasteiger partial charge in [-0.25, -0.2) is 0 Å². The van der Waals surface area contributed by atoms with Crippen molar-refractivity contribution >= 4 is 40.3 Å². The Hall–Kier alpha value is -2.35. The number of nitrogens with zero attached hydrogens (tertiary/aromatic N) is 2. The van der Waals surface area contributed by atoms with E-state index in [1.165, 1.54) is 24.6 Å². The lowest BCUT2D eigenvalue weighted by atomic mass is 9.78. The van der Waals surface area contributed by atoms with Gasteiger partial charge in [0.1, 0.15) is 5.25 Å². The van der Waals surface area contributed by atoms with E-state index in [1.54, 1.807) is 24.3 Å². The summed E-state index contributed by atoms with van der Waals surface area (Å²) in [5, 5.41) is 6.30. The molecule has 178 valence electrons. The van der Waals surface area contributed by atoms with Crippen LogP contribution in [0.15, 0.2) is 29.3 Å². The molecule has 1 aromatic rings. The number of hydrogen-bond donors (Lipinski definition) is 2. The van der Waals surface area contributed by atoms with E-state index in [0.717, 1.165) is 43.9 Å². The smallest absolute Gasteiger partial charge is 0.262 e. The van der Waals surface area contributed by atoms with Crippen LogP contribution in [0.4, 0.5) is 5.69 Å². The molecule has 0 bridgehead atoms. The lowest BCUT2D eigenvalue weighted by Crippen LogP contribution is -2.43. The van der Waals surface area contributed by atoms with E-state index in [-0.39, 0.29) is 30.2 Å². The molecular weight excluding hydrogens is 436 g/mol. The number of nitrogens with one attached hydrogen (secondary N) is 2. The number of benzene rings is 1. The van der Waals surface area contributed by atoms with Crippen molar-refractivity contribution in [1.29, 1.82) is 0 Å². The number of piperidine rings is 1. The van der Waals surface area contributed by atoms with Gasteiger partial charge in [0.05, 0.1) is 0 Å². The third-order valence-electron chi connectivity index (χ3n) is 7.16. The number of likely N-dealkylation sites (tertiary alicyclic amines) is 1. The van der Waals surface area contributed by atoms with Crippen LogP contribution < -0.4 is 10.6 Å². The summed E-state index contributed by atoms with van der Waals surface area (Å²) >= 11 is 1.39. The van der Waals surface area contributed by atoms with Crippen molar-refractivity contribution in [3.63, 3.8) is 0 Å².